The van der Waals surface area contributed by atoms with Crippen LogP contribution in [0, 0.1) is 11.2 Å². The quantitative estimate of drug-likeness (QED) is 0.922. The van der Waals surface area contributed by atoms with Gasteiger partial charge >= 0.3 is 0 Å². The fourth-order valence-electron chi connectivity index (χ4n) is 2.32. The van der Waals surface area contributed by atoms with E-state index in [1.54, 1.807) is 23.1 Å². The van der Waals surface area contributed by atoms with E-state index in [1.807, 2.05) is 27.7 Å². The minimum atomic E-state index is -1.19. The molecule has 0 fully saturated rings. The Morgan fingerprint density at radius 3 is 2.41 bits per heavy atom. The predicted octanol–water partition coefficient (Wildman–Crippen LogP) is 2.83. The molecule has 0 aliphatic heterocycles. The lowest BCUT2D eigenvalue weighted by atomic mass is 9.72. The molecule has 0 saturated carbocycles. The fraction of sp³-hybridized carbons (Fsp3) is 0.500. The van der Waals surface area contributed by atoms with Gasteiger partial charge < -0.3 is 9.84 Å². The van der Waals surface area contributed by atoms with Crippen LogP contribution in [0.2, 0.25) is 0 Å². The van der Waals surface area contributed by atoms with E-state index in [2.05, 4.69) is 10.1 Å². The Morgan fingerprint density at radius 2 is 1.91 bits per heavy atom. The Balaban J connectivity index is 2.20. The van der Waals surface area contributed by atoms with Crippen LogP contribution < -0.4 is 4.74 Å². The Morgan fingerprint density at radius 1 is 1.27 bits per heavy atom. The van der Waals surface area contributed by atoms with Gasteiger partial charge in [0, 0.05) is 0 Å². The van der Waals surface area contributed by atoms with Crippen molar-refractivity contribution in [3.8, 4) is 5.75 Å². The first kappa shape index (κ1) is 16.4. The van der Waals surface area contributed by atoms with E-state index >= 15 is 0 Å². The third-order valence-electron chi connectivity index (χ3n) is 4.10. The van der Waals surface area contributed by atoms with E-state index in [0.29, 0.717) is 5.75 Å². The molecule has 120 valence electrons. The SMILES string of the molecule is CC(n1cncn1)C(O)(COc1ccc(F)cc1)C(C)(C)C. The van der Waals surface area contributed by atoms with Gasteiger partial charge in [-0.1, -0.05) is 20.8 Å². The Hall–Kier alpha value is -1.95. The summed E-state index contributed by atoms with van der Waals surface area (Å²) in [4.78, 5) is 3.93. The Labute approximate surface area is 129 Å². The lowest BCUT2D eigenvalue weighted by Gasteiger charge is -2.43. The van der Waals surface area contributed by atoms with Gasteiger partial charge in [0.25, 0.3) is 0 Å². The summed E-state index contributed by atoms with van der Waals surface area (Å²) in [5.74, 6) is 0.185. The molecule has 2 aromatic rings. The number of halogens is 1. The van der Waals surface area contributed by atoms with Crippen molar-refractivity contribution in [2.75, 3.05) is 6.61 Å². The molecule has 0 radical (unpaired) electrons. The molecule has 0 saturated heterocycles. The van der Waals surface area contributed by atoms with Crippen LogP contribution in [0.25, 0.3) is 0 Å². The van der Waals surface area contributed by atoms with E-state index < -0.39 is 11.0 Å². The number of nitrogens with zero attached hydrogens (tertiary/aromatic N) is 3. The van der Waals surface area contributed by atoms with E-state index in [9.17, 15) is 9.50 Å². The van der Waals surface area contributed by atoms with Crippen molar-refractivity contribution in [3.05, 3.63) is 42.7 Å². The number of aliphatic hydroxyl groups is 1. The average molecular weight is 307 g/mol. The summed E-state index contributed by atoms with van der Waals surface area (Å²) < 4.78 is 20.2. The highest BCUT2D eigenvalue weighted by Crippen LogP contribution is 2.39. The topological polar surface area (TPSA) is 60.2 Å². The largest absolute Gasteiger partial charge is 0.490 e. The maximum absolute atomic E-state index is 12.9. The predicted molar refractivity (Wildman–Crippen MR) is 81.0 cm³/mol. The molecule has 2 unspecified atom stereocenters. The van der Waals surface area contributed by atoms with Gasteiger partial charge in [0.2, 0.25) is 0 Å². The zero-order valence-corrected chi connectivity index (χ0v) is 13.3. The molecule has 0 spiro atoms. The van der Waals surface area contributed by atoms with E-state index in [1.165, 1.54) is 18.5 Å². The minimum absolute atomic E-state index is 0.0587. The smallest absolute Gasteiger partial charge is 0.137 e. The molecule has 1 N–H and O–H groups in total. The summed E-state index contributed by atoms with van der Waals surface area (Å²) >= 11 is 0. The molecule has 22 heavy (non-hydrogen) atoms. The van der Waals surface area contributed by atoms with Gasteiger partial charge in [0.1, 0.15) is 36.4 Å². The molecule has 2 rings (SSSR count). The van der Waals surface area contributed by atoms with Crippen LogP contribution in [-0.2, 0) is 0 Å². The summed E-state index contributed by atoms with van der Waals surface area (Å²) in [6.07, 6.45) is 3.00. The minimum Gasteiger partial charge on any atom is -0.490 e. The molecule has 2 atom stereocenters. The fourth-order valence-corrected chi connectivity index (χ4v) is 2.32. The first-order valence-electron chi connectivity index (χ1n) is 7.19. The number of rotatable bonds is 5. The van der Waals surface area contributed by atoms with E-state index in [0.717, 1.165) is 0 Å². The van der Waals surface area contributed by atoms with Crippen LogP contribution in [0.1, 0.15) is 33.7 Å². The van der Waals surface area contributed by atoms with Gasteiger partial charge in [-0.3, -0.25) is 0 Å². The number of benzene rings is 1. The van der Waals surface area contributed by atoms with Crippen molar-refractivity contribution < 1.29 is 14.2 Å². The summed E-state index contributed by atoms with van der Waals surface area (Å²) in [5.41, 5.74) is -1.65. The van der Waals surface area contributed by atoms with E-state index in [-0.39, 0.29) is 18.5 Å². The maximum Gasteiger partial charge on any atom is 0.137 e. The van der Waals surface area contributed by atoms with Gasteiger partial charge in [-0.15, -0.1) is 0 Å². The number of hydrogen-bond acceptors (Lipinski definition) is 4. The summed E-state index contributed by atoms with van der Waals surface area (Å²) in [6, 6.07) is 5.39. The summed E-state index contributed by atoms with van der Waals surface area (Å²) in [6.45, 7) is 7.74. The standard InChI is InChI=1S/C16H22FN3O2/c1-12(20-11-18-10-19-20)16(21,15(2,3)4)9-22-14-7-5-13(17)6-8-14/h5-8,10-12,21H,9H2,1-4H3. The molecule has 1 heterocycles. The van der Waals surface area contributed by atoms with Gasteiger partial charge in [-0.05, 0) is 36.6 Å². The van der Waals surface area contributed by atoms with Gasteiger partial charge in [-0.2, -0.15) is 5.10 Å². The van der Waals surface area contributed by atoms with Crippen LogP contribution >= 0.6 is 0 Å². The van der Waals surface area contributed by atoms with Crippen LogP contribution in [-0.4, -0.2) is 32.1 Å². The molecule has 5 nitrogen and oxygen atoms in total. The van der Waals surface area contributed by atoms with Crippen molar-refractivity contribution in [2.45, 2.75) is 39.3 Å². The highest BCUT2D eigenvalue weighted by molar-refractivity contribution is 5.22. The zero-order valence-electron chi connectivity index (χ0n) is 13.3. The molecular formula is C16H22FN3O2. The molecule has 6 heteroatoms. The van der Waals surface area contributed by atoms with Crippen molar-refractivity contribution in [3.63, 3.8) is 0 Å². The second kappa shape index (κ2) is 6.04. The van der Waals surface area contributed by atoms with E-state index in [4.69, 9.17) is 4.74 Å². The third kappa shape index (κ3) is 3.27. The lowest BCUT2D eigenvalue weighted by molar-refractivity contribution is -0.122. The maximum atomic E-state index is 12.9. The van der Waals surface area contributed by atoms with Crippen LogP contribution in [0.3, 0.4) is 0 Å². The number of ether oxygens (including phenoxy) is 1. The normalized spacial score (nSPS) is 16.1. The summed E-state index contributed by atoms with van der Waals surface area (Å²) in [5, 5.41) is 15.3. The molecule has 1 aromatic carbocycles. The first-order chi connectivity index (χ1) is 10.2. The Kier molecular flexibility index (Phi) is 4.51. The monoisotopic (exact) mass is 307 g/mol. The van der Waals surface area contributed by atoms with Crippen molar-refractivity contribution in [1.29, 1.82) is 0 Å². The lowest BCUT2D eigenvalue weighted by Crippen LogP contribution is -2.53. The second-order valence-corrected chi connectivity index (χ2v) is 6.47. The molecule has 1 aromatic heterocycles. The van der Waals surface area contributed by atoms with Crippen LogP contribution in [0.15, 0.2) is 36.9 Å². The Bertz CT molecular complexity index is 593. The highest BCUT2D eigenvalue weighted by atomic mass is 19.1. The molecular weight excluding hydrogens is 285 g/mol. The van der Waals surface area contributed by atoms with Crippen molar-refractivity contribution in [2.24, 2.45) is 5.41 Å². The number of hydrogen-bond donors (Lipinski definition) is 1. The zero-order chi connectivity index (χ0) is 16.4. The van der Waals surface area contributed by atoms with Gasteiger partial charge in [0.05, 0.1) is 6.04 Å². The van der Waals surface area contributed by atoms with Crippen molar-refractivity contribution in [1.82, 2.24) is 14.8 Å². The van der Waals surface area contributed by atoms with Crippen LogP contribution in [0.4, 0.5) is 4.39 Å². The van der Waals surface area contributed by atoms with Crippen molar-refractivity contribution >= 4 is 0 Å². The summed E-state index contributed by atoms with van der Waals surface area (Å²) in [7, 11) is 0. The number of aromatic nitrogens is 3. The molecule has 0 aliphatic rings. The van der Waals surface area contributed by atoms with Gasteiger partial charge in [0.15, 0.2) is 0 Å². The van der Waals surface area contributed by atoms with Crippen LogP contribution in [0.5, 0.6) is 5.75 Å². The molecule has 0 amide bonds. The third-order valence-corrected chi connectivity index (χ3v) is 4.10. The molecule has 0 bridgehead atoms. The highest BCUT2D eigenvalue weighted by Gasteiger charge is 2.47. The average Bonchev–Trinajstić information content (AvgIpc) is 2.98. The second-order valence-electron chi connectivity index (χ2n) is 6.47. The first-order valence-corrected chi connectivity index (χ1v) is 7.19. The van der Waals surface area contributed by atoms with Gasteiger partial charge in [-0.25, -0.2) is 14.1 Å². The molecule has 0 aliphatic carbocycles.